The van der Waals surface area contributed by atoms with Crippen molar-refractivity contribution in [3.8, 4) is 0 Å². The number of rotatable bonds is 3. The van der Waals surface area contributed by atoms with Crippen molar-refractivity contribution < 1.29 is 18.3 Å². The van der Waals surface area contributed by atoms with Crippen LogP contribution in [0.15, 0.2) is 24.3 Å². The molecule has 3 rings (SSSR count). The first kappa shape index (κ1) is 19.3. The van der Waals surface area contributed by atoms with Gasteiger partial charge in [-0.05, 0) is 33.3 Å². The summed E-state index contributed by atoms with van der Waals surface area (Å²) in [6.45, 7) is 8.02. The minimum Gasteiger partial charge on any atom is -0.444 e. The minimum atomic E-state index is -2.54. The molecule has 1 aliphatic heterocycles. The van der Waals surface area contributed by atoms with E-state index in [9.17, 15) is 13.6 Å². The highest BCUT2D eigenvalue weighted by molar-refractivity contribution is 5.69. The molecule has 1 aromatic heterocycles. The van der Waals surface area contributed by atoms with Crippen LogP contribution in [0.4, 0.5) is 13.6 Å². The molecule has 6 nitrogen and oxygen atoms in total. The Balaban J connectivity index is 1.82. The van der Waals surface area contributed by atoms with Gasteiger partial charge in [0.15, 0.2) is 0 Å². The molecule has 27 heavy (non-hydrogen) atoms. The first-order chi connectivity index (χ1) is 12.7. The molecule has 2 heterocycles. The first-order valence-electron chi connectivity index (χ1n) is 8.95. The highest BCUT2D eigenvalue weighted by atomic mass is 19.3. The van der Waals surface area contributed by atoms with Crippen molar-refractivity contribution in [2.24, 2.45) is 0 Å². The molecule has 2 aromatic rings. The van der Waals surface area contributed by atoms with Crippen LogP contribution < -0.4 is 0 Å². The summed E-state index contributed by atoms with van der Waals surface area (Å²) in [6.07, 6.45) is -2.39. The normalized spacial score (nSPS) is 17.1. The number of hydrogen-bond acceptors (Lipinski definition) is 4. The Morgan fingerprint density at radius 1 is 1.33 bits per heavy atom. The molecule has 1 aliphatic rings. The SMILES string of the molecule is C[C@@H]1c2nnn(Cc3ccccc3C(F)F)c2CCN1C(=O)OC(C)(C)C. The van der Waals surface area contributed by atoms with E-state index in [4.69, 9.17) is 4.74 Å². The first-order valence-corrected chi connectivity index (χ1v) is 8.95. The number of halogens is 2. The van der Waals surface area contributed by atoms with Gasteiger partial charge in [-0.1, -0.05) is 29.5 Å². The van der Waals surface area contributed by atoms with Gasteiger partial charge in [0.05, 0.1) is 18.3 Å². The third-order valence-electron chi connectivity index (χ3n) is 4.56. The van der Waals surface area contributed by atoms with Gasteiger partial charge in [-0.3, -0.25) is 4.90 Å². The maximum Gasteiger partial charge on any atom is 0.410 e. The highest BCUT2D eigenvalue weighted by Crippen LogP contribution is 2.30. The summed E-state index contributed by atoms with van der Waals surface area (Å²) in [6, 6.07) is 6.15. The zero-order valence-corrected chi connectivity index (χ0v) is 15.9. The molecule has 1 atom stereocenters. The Bertz CT molecular complexity index is 829. The summed E-state index contributed by atoms with van der Waals surface area (Å²) in [5.41, 5.74) is 1.49. The highest BCUT2D eigenvalue weighted by Gasteiger charge is 2.34. The number of fused-ring (bicyclic) bond motifs is 1. The van der Waals surface area contributed by atoms with Crippen LogP contribution in [0, 0.1) is 0 Å². The molecule has 8 heteroatoms. The number of carbonyl (C=O) groups excluding carboxylic acids is 1. The van der Waals surface area contributed by atoms with Gasteiger partial charge >= 0.3 is 6.09 Å². The summed E-state index contributed by atoms with van der Waals surface area (Å²) < 4.78 is 33.6. The molecule has 0 aliphatic carbocycles. The van der Waals surface area contributed by atoms with Crippen LogP contribution in [-0.4, -0.2) is 38.1 Å². The van der Waals surface area contributed by atoms with E-state index in [0.29, 0.717) is 24.2 Å². The lowest BCUT2D eigenvalue weighted by Crippen LogP contribution is -2.42. The minimum absolute atomic E-state index is 0.000916. The standard InChI is InChI=1S/C19H24F2N4O2/c1-12-16-15(9-10-24(12)18(26)27-19(2,3)4)25(23-22-16)11-13-7-5-6-8-14(13)17(20)21/h5-8,12,17H,9-11H2,1-4H3/t12-/m1/s1. The molecule has 0 bridgehead atoms. The third kappa shape index (κ3) is 4.09. The molecule has 1 amide bonds. The fourth-order valence-electron chi connectivity index (χ4n) is 3.24. The molecule has 0 spiro atoms. The number of hydrogen-bond donors (Lipinski definition) is 0. The Morgan fingerprint density at radius 2 is 2.04 bits per heavy atom. The van der Waals surface area contributed by atoms with Crippen LogP contribution in [0.5, 0.6) is 0 Å². The van der Waals surface area contributed by atoms with Gasteiger partial charge in [0.1, 0.15) is 11.3 Å². The number of amides is 1. The average Bonchev–Trinajstić information content (AvgIpc) is 2.97. The number of alkyl halides is 2. The number of benzene rings is 1. The topological polar surface area (TPSA) is 60.2 Å². The van der Waals surface area contributed by atoms with E-state index < -0.39 is 18.1 Å². The number of ether oxygens (including phenoxy) is 1. The summed E-state index contributed by atoms with van der Waals surface area (Å²) in [7, 11) is 0. The zero-order chi connectivity index (χ0) is 19.8. The Morgan fingerprint density at radius 3 is 2.70 bits per heavy atom. The Kier molecular flexibility index (Phi) is 5.17. The lowest BCUT2D eigenvalue weighted by molar-refractivity contribution is 0.0154. The van der Waals surface area contributed by atoms with E-state index in [2.05, 4.69) is 10.3 Å². The molecular formula is C19H24F2N4O2. The van der Waals surface area contributed by atoms with Crippen LogP contribution in [0.1, 0.15) is 62.7 Å². The van der Waals surface area contributed by atoms with Crippen LogP contribution in [0.3, 0.4) is 0 Å². The summed E-state index contributed by atoms with van der Waals surface area (Å²) in [5, 5.41) is 8.37. The van der Waals surface area contributed by atoms with Crippen LogP contribution >= 0.6 is 0 Å². The van der Waals surface area contributed by atoms with Gasteiger partial charge in [-0.25, -0.2) is 18.3 Å². The number of nitrogens with zero attached hydrogens (tertiary/aromatic N) is 4. The van der Waals surface area contributed by atoms with Gasteiger partial charge in [-0.15, -0.1) is 5.10 Å². The molecule has 0 radical (unpaired) electrons. The fraction of sp³-hybridized carbons (Fsp3) is 0.526. The maximum atomic E-state index is 13.2. The van der Waals surface area contributed by atoms with E-state index in [-0.39, 0.29) is 18.2 Å². The van der Waals surface area contributed by atoms with E-state index in [0.717, 1.165) is 5.69 Å². The molecule has 0 N–H and O–H groups in total. The second kappa shape index (κ2) is 7.25. The number of aromatic nitrogens is 3. The molecule has 1 aromatic carbocycles. The van der Waals surface area contributed by atoms with Crippen molar-refractivity contribution >= 4 is 6.09 Å². The van der Waals surface area contributed by atoms with Crippen molar-refractivity contribution in [2.75, 3.05) is 6.54 Å². The van der Waals surface area contributed by atoms with Gasteiger partial charge in [-0.2, -0.15) is 0 Å². The lowest BCUT2D eigenvalue weighted by atomic mass is 10.0. The van der Waals surface area contributed by atoms with E-state index in [1.54, 1.807) is 27.8 Å². The lowest BCUT2D eigenvalue weighted by Gasteiger charge is -2.34. The molecule has 0 unspecified atom stereocenters. The quantitative estimate of drug-likeness (QED) is 0.806. The molecule has 0 saturated heterocycles. The smallest absolute Gasteiger partial charge is 0.410 e. The van der Waals surface area contributed by atoms with Crippen molar-refractivity contribution in [3.05, 3.63) is 46.8 Å². The Hall–Kier alpha value is -2.51. The third-order valence-corrected chi connectivity index (χ3v) is 4.56. The van der Waals surface area contributed by atoms with Crippen molar-refractivity contribution in [1.29, 1.82) is 0 Å². The van der Waals surface area contributed by atoms with E-state index >= 15 is 0 Å². The average molecular weight is 378 g/mol. The molecule has 0 saturated carbocycles. The zero-order valence-electron chi connectivity index (χ0n) is 15.9. The predicted octanol–water partition coefficient (Wildman–Crippen LogP) is 4.12. The van der Waals surface area contributed by atoms with E-state index in [1.807, 2.05) is 27.7 Å². The molecular weight excluding hydrogens is 354 g/mol. The second-order valence-corrected chi connectivity index (χ2v) is 7.68. The van der Waals surface area contributed by atoms with Gasteiger partial charge in [0.2, 0.25) is 0 Å². The summed E-state index contributed by atoms with van der Waals surface area (Å²) in [5.74, 6) is 0. The Labute approximate surface area is 157 Å². The van der Waals surface area contributed by atoms with E-state index in [1.165, 1.54) is 6.07 Å². The summed E-state index contributed by atoms with van der Waals surface area (Å²) in [4.78, 5) is 14.0. The monoisotopic (exact) mass is 378 g/mol. The molecule has 0 fully saturated rings. The fourth-order valence-corrected chi connectivity index (χ4v) is 3.24. The second-order valence-electron chi connectivity index (χ2n) is 7.68. The molecule has 146 valence electrons. The van der Waals surface area contributed by atoms with Crippen molar-refractivity contribution in [3.63, 3.8) is 0 Å². The van der Waals surface area contributed by atoms with Gasteiger partial charge < -0.3 is 4.74 Å². The van der Waals surface area contributed by atoms with Crippen LogP contribution in [-0.2, 0) is 17.7 Å². The maximum absolute atomic E-state index is 13.2. The largest absolute Gasteiger partial charge is 0.444 e. The number of carbonyl (C=O) groups is 1. The van der Waals surface area contributed by atoms with Gasteiger partial charge in [0.25, 0.3) is 6.43 Å². The van der Waals surface area contributed by atoms with Crippen LogP contribution in [0.25, 0.3) is 0 Å². The van der Waals surface area contributed by atoms with Crippen LogP contribution in [0.2, 0.25) is 0 Å². The predicted molar refractivity (Wildman–Crippen MR) is 95.6 cm³/mol. The summed E-state index contributed by atoms with van der Waals surface area (Å²) >= 11 is 0. The van der Waals surface area contributed by atoms with Crippen molar-refractivity contribution in [1.82, 2.24) is 19.9 Å². The van der Waals surface area contributed by atoms with Gasteiger partial charge in [0, 0.05) is 18.5 Å². The van der Waals surface area contributed by atoms with Crippen molar-refractivity contribution in [2.45, 2.75) is 58.7 Å².